The van der Waals surface area contributed by atoms with Crippen LogP contribution in [0.1, 0.15) is 29.0 Å². The van der Waals surface area contributed by atoms with Gasteiger partial charge in [0.1, 0.15) is 0 Å². The van der Waals surface area contributed by atoms with Crippen molar-refractivity contribution in [2.75, 3.05) is 5.73 Å². The van der Waals surface area contributed by atoms with E-state index in [0.717, 1.165) is 5.56 Å². The third-order valence-electron chi connectivity index (χ3n) is 2.45. The van der Waals surface area contributed by atoms with E-state index in [-0.39, 0.29) is 17.6 Å². The lowest BCUT2D eigenvalue weighted by Gasteiger charge is -2.14. The Morgan fingerprint density at radius 3 is 2.78 bits per heavy atom. The monoisotopic (exact) mass is 266 g/mol. The van der Waals surface area contributed by atoms with Gasteiger partial charge in [0.15, 0.2) is 0 Å². The third kappa shape index (κ3) is 2.43. The Morgan fingerprint density at radius 1 is 1.44 bits per heavy atom. The number of carbonyl (C=O) groups excluding carboxylic acids is 1. The zero-order valence-corrected chi connectivity index (χ0v) is 10.3. The van der Waals surface area contributed by atoms with Crippen LogP contribution in [0.15, 0.2) is 28.9 Å². The van der Waals surface area contributed by atoms with E-state index in [1.165, 1.54) is 0 Å². The second kappa shape index (κ2) is 5.05. The number of carbonyl (C=O) groups is 1. The highest BCUT2D eigenvalue weighted by Gasteiger charge is 2.19. The van der Waals surface area contributed by atoms with Crippen molar-refractivity contribution >= 4 is 23.3 Å². The summed E-state index contributed by atoms with van der Waals surface area (Å²) >= 11 is 6.04. The van der Waals surface area contributed by atoms with Crippen molar-refractivity contribution in [1.29, 1.82) is 0 Å². The van der Waals surface area contributed by atoms with Crippen LogP contribution in [-0.2, 0) is 0 Å². The average Bonchev–Trinajstić information content (AvgIpc) is 2.76. The van der Waals surface area contributed by atoms with E-state index < -0.39 is 5.91 Å². The summed E-state index contributed by atoms with van der Waals surface area (Å²) in [4.78, 5) is 11.8. The van der Waals surface area contributed by atoms with E-state index in [0.29, 0.717) is 5.02 Å². The number of anilines is 1. The number of halogens is 1. The third-order valence-corrected chi connectivity index (χ3v) is 2.79. The molecule has 6 nitrogen and oxygen atoms in total. The molecule has 0 aliphatic rings. The molecule has 0 aliphatic heterocycles. The summed E-state index contributed by atoms with van der Waals surface area (Å²) in [7, 11) is 0. The molecular weight excluding hydrogens is 256 g/mol. The predicted octanol–water partition coefficient (Wildman–Crippen LogP) is 1.80. The van der Waals surface area contributed by atoms with Crippen LogP contribution in [0, 0.1) is 0 Å². The fourth-order valence-electron chi connectivity index (χ4n) is 1.52. The molecule has 0 saturated carbocycles. The van der Waals surface area contributed by atoms with Crippen molar-refractivity contribution < 1.29 is 9.42 Å². The average molecular weight is 267 g/mol. The van der Waals surface area contributed by atoms with Gasteiger partial charge in [-0.2, -0.15) is 0 Å². The number of benzene rings is 1. The van der Waals surface area contributed by atoms with Crippen LogP contribution in [0.2, 0.25) is 5.02 Å². The van der Waals surface area contributed by atoms with Crippen LogP contribution in [0.5, 0.6) is 0 Å². The molecule has 2 rings (SSSR count). The SMILES string of the molecule is CC(NC(=O)c1nonc1N)c1ccccc1Cl. The van der Waals surface area contributed by atoms with Gasteiger partial charge in [-0.15, -0.1) is 0 Å². The van der Waals surface area contributed by atoms with Crippen LogP contribution < -0.4 is 11.1 Å². The summed E-state index contributed by atoms with van der Waals surface area (Å²) in [5, 5.41) is 10.1. The maximum absolute atomic E-state index is 11.8. The molecule has 1 aromatic heterocycles. The molecule has 18 heavy (non-hydrogen) atoms. The molecule has 1 unspecified atom stereocenters. The van der Waals surface area contributed by atoms with Crippen molar-refractivity contribution in [3.8, 4) is 0 Å². The number of hydrogen-bond donors (Lipinski definition) is 2. The molecule has 1 atom stereocenters. The zero-order valence-electron chi connectivity index (χ0n) is 9.55. The van der Waals surface area contributed by atoms with Crippen LogP contribution in [-0.4, -0.2) is 16.2 Å². The number of nitrogen functional groups attached to an aromatic ring is 1. The van der Waals surface area contributed by atoms with Crippen molar-refractivity contribution in [3.05, 3.63) is 40.5 Å². The van der Waals surface area contributed by atoms with Crippen molar-refractivity contribution in [2.45, 2.75) is 13.0 Å². The molecule has 7 heteroatoms. The van der Waals surface area contributed by atoms with Gasteiger partial charge in [-0.1, -0.05) is 29.8 Å². The molecule has 94 valence electrons. The Hall–Kier alpha value is -2.08. The minimum absolute atomic E-state index is 0.0334. The Morgan fingerprint density at radius 2 is 2.17 bits per heavy atom. The van der Waals surface area contributed by atoms with Crippen molar-refractivity contribution in [2.24, 2.45) is 0 Å². The summed E-state index contributed by atoms with van der Waals surface area (Å²) in [6, 6.07) is 6.97. The summed E-state index contributed by atoms with van der Waals surface area (Å²) < 4.78 is 4.37. The van der Waals surface area contributed by atoms with E-state index in [2.05, 4.69) is 20.3 Å². The summed E-state index contributed by atoms with van der Waals surface area (Å²) in [6.45, 7) is 1.81. The molecule has 1 heterocycles. The molecular formula is C11H11ClN4O2. The normalized spacial score (nSPS) is 12.1. The number of amides is 1. The molecule has 0 aliphatic carbocycles. The number of nitrogens with two attached hydrogens (primary N) is 1. The lowest BCUT2D eigenvalue weighted by Crippen LogP contribution is -2.27. The zero-order chi connectivity index (χ0) is 13.1. The van der Waals surface area contributed by atoms with Gasteiger partial charge in [-0.3, -0.25) is 4.79 Å². The molecule has 1 aromatic carbocycles. The van der Waals surface area contributed by atoms with Gasteiger partial charge >= 0.3 is 0 Å². The van der Waals surface area contributed by atoms with Crippen LogP contribution in [0.25, 0.3) is 0 Å². The maximum atomic E-state index is 11.8. The van der Waals surface area contributed by atoms with Gasteiger partial charge in [0.05, 0.1) is 6.04 Å². The fraction of sp³-hybridized carbons (Fsp3) is 0.182. The second-order valence-electron chi connectivity index (χ2n) is 3.71. The van der Waals surface area contributed by atoms with E-state index >= 15 is 0 Å². The summed E-state index contributed by atoms with van der Waals surface area (Å²) in [6.07, 6.45) is 0. The first-order chi connectivity index (χ1) is 8.59. The maximum Gasteiger partial charge on any atom is 0.277 e. The first kappa shape index (κ1) is 12.4. The van der Waals surface area contributed by atoms with E-state index in [1.807, 2.05) is 25.1 Å². The number of aromatic nitrogens is 2. The molecule has 0 saturated heterocycles. The number of hydrogen-bond acceptors (Lipinski definition) is 5. The van der Waals surface area contributed by atoms with Gasteiger partial charge in [-0.25, -0.2) is 4.63 Å². The standard InChI is InChI=1S/C11H11ClN4O2/c1-6(7-4-2-3-5-8(7)12)14-11(17)9-10(13)16-18-15-9/h2-6H,1H3,(H2,13,16)(H,14,17). The number of nitrogens with zero attached hydrogens (tertiary/aromatic N) is 2. The first-order valence-corrected chi connectivity index (χ1v) is 5.60. The lowest BCUT2D eigenvalue weighted by molar-refractivity contribution is 0.0930. The fourth-order valence-corrected chi connectivity index (χ4v) is 1.82. The summed E-state index contributed by atoms with van der Waals surface area (Å²) in [5.41, 5.74) is 6.21. The smallest absolute Gasteiger partial charge is 0.277 e. The Bertz CT molecular complexity index is 570. The minimum Gasteiger partial charge on any atom is -0.379 e. The first-order valence-electron chi connectivity index (χ1n) is 5.23. The Balaban J connectivity index is 2.13. The van der Waals surface area contributed by atoms with Crippen LogP contribution in [0.3, 0.4) is 0 Å². The van der Waals surface area contributed by atoms with Gasteiger partial charge in [0, 0.05) is 5.02 Å². The second-order valence-corrected chi connectivity index (χ2v) is 4.12. The highest BCUT2D eigenvalue weighted by atomic mass is 35.5. The molecule has 3 N–H and O–H groups in total. The quantitative estimate of drug-likeness (QED) is 0.883. The minimum atomic E-state index is -0.457. The molecule has 2 aromatic rings. The van der Waals surface area contributed by atoms with Crippen LogP contribution in [0.4, 0.5) is 5.82 Å². The molecule has 0 fully saturated rings. The molecule has 0 spiro atoms. The highest BCUT2D eigenvalue weighted by molar-refractivity contribution is 6.31. The Labute approximate surface area is 108 Å². The number of nitrogens with one attached hydrogen (secondary N) is 1. The lowest BCUT2D eigenvalue weighted by atomic mass is 10.1. The van der Waals surface area contributed by atoms with Crippen molar-refractivity contribution in [1.82, 2.24) is 15.6 Å². The van der Waals surface area contributed by atoms with Gasteiger partial charge in [0.25, 0.3) is 5.91 Å². The topological polar surface area (TPSA) is 94.0 Å². The number of rotatable bonds is 3. The molecule has 0 radical (unpaired) electrons. The Kier molecular flexibility index (Phi) is 3.47. The molecule has 0 bridgehead atoms. The molecule has 1 amide bonds. The van der Waals surface area contributed by atoms with Gasteiger partial charge < -0.3 is 11.1 Å². The van der Waals surface area contributed by atoms with Gasteiger partial charge in [-0.05, 0) is 28.9 Å². The van der Waals surface area contributed by atoms with Gasteiger partial charge in [0.2, 0.25) is 11.5 Å². The van der Waals surface area contributed by atoms with E-state index in [4.69, 9.17) is 17.3 Å². The highest BCUT2D eigenvalue weighted by Crippen LogP contribution is 2.22. The summed E-state index contributed by atoms with van der Waals surface area (Å²) in [5.74, 6) is -0.500. The van der Waals surface area contributed by atoms with Crippen LogP contribution >= 0.6 is 11.6 Å². The van der Waals surface area contributed by atoms with E-state index in [9.17, 15) is 4.79 Å². The van der Waals surface area contributed by atoms with Crippen molar-refractivity contribution in [3.63, 3.8) is 0 Å². The van der Waals surface area contributed by atoms with E-state index in [1.54, 1.807) is 6.07 Å². The predicted molar refractivity (Wildman–Crippen MR) is 66.0 cm³/mol. The largest absolute Gasteiger partial charge is 0.379 e.